The van der Waals surface area contributed by atoms with Gasteiger partial charge in [0.25, 0.3) is 0 Å². The Kier molecular flexibility index (Phi) is 6.03. The minimum Gasteiger partial charge on any atom is -0.288 e. The number of alkyl halides is 1. The highest BCUT2D eigenvalue weighted by Gasteiger charge is 2.00. The lowest BCUT2D eigenvalue weighted by molar-refractivity contribution is -0.109. The molecule has 0 aliphatic heterocycles. The quantitative estimate of drug-likeness (QED) is 0.795. The molecule has 88 valence electrons. The fraction of sp³-hybridized carbons (Fsp3) is 0.231. The summed E-state index contributed by atoms with van der Waals surface area (Å²) in [4.78, 5) is 10.8. The van der Waals surface area contributed by atoms with Gasteiger partial charge >= 0.3 is 0 Å². The summed E-state index contributed by atoms with van der Waals surface area (Å²) >= 11 is 4.68. The number of hydrogen-bond acceptors (Lipinski definition) is 3. The van der Waals surface area contributed by atoms with E-state index in [1.165, 1.54) is 11.8 Å². The molecule has 0 unspecified atom stereocenters. The second-order valence-electron chi connectivity index (χ2n) is 3.36. The largest absolute Gasteiger partial charge is 0.288 e. The van der Waals surface area contributed by atoms with Crippen LogP contribution in [0.3, 0.4) is 0 Å². The van der Waals surface area contributed by atoms with Crippen molar-refractivity contribution < 1.29 is 4.79 Å². The maximum atomic E-state index is 10.8. The molecule has 1 aromatic rings. The summed E-state index contributed by atoms with van der Waals surface area (Å²) < 4.78 is 0. The van der Waals surface area contributed by atoms with Crippen molar-refractivity contribution in [2.45, 2.75) is 12.3 Å². The topological polar surface area (TPSA) is 40.9 Å². The summed E-state index contributed by atoms with van der Waals surface area (Å²) in [6.07, 6.45) is 3.89. The first kappa shape index (κ1) is 14.0. The van der Waals surface area contributed by atoms with Crippen LogP contribution in [0.5, 0.6) is 0 Å². The molecule has 4 heteroatoms. The fourth-order valence-corrected chi connectivity index (χ4v) is 2.22. The van der Waals surface area contributed by atoms with Crippen molar-refractivity contribution in [3.8, 4) is 6.07 Å². The Balaban J connectivity index is 2.81. The molecule has 0 aliphatic rings. The molecule has 0 fully saturated rings. The van der Waals surface area contributed by atoms with Crippen LogP contribution in [-0.2, 0) is 10.1 Å². The van der Waals surface area contributed by atoms with Crippen LogP contribution in [0.2, 0.25) is 0 Å². The maximum Gasteiger partial charge on any atom is 0.186 e. The Labute approximate surface area is 114 Å². The van der Waals surface area contributed by atoms with Crippen molar-refractivity contribution in [3.05, 3.63) is 41.0 Å². The molecule has 2 nitrogen and oxygen atoms in total. The van der Waals surface area contributed by atoms with Gasteiger partial charge in [-0.2, -0.15) is 5.26 Å². The van der Waals surface area contributed by atoms with Crippen LogP contribution in [0.15, 0.2) is 24.3 Å². The molecule has 0 saturated carbocycles. The van der Waals surface area contributed by atoms with Crippen LogP contribution in [-0.4, -0.2) is 10.9 Å². The zero-order chi connectivity index (χ0) is 12.7. The first-order chi connectivity index (χ1) is 8.17. The summed E-state index contributed by atoms with van der Waals surface area (Å²) in [7, 11) is 0. The zero-order valence-electron chi connectivity index (χ0n) is 9.44. The lowest BCUT2D eigenvalue weighted by Gasteiger charge is -2.02. The molecule has 0 atom stereocenters. The second-order valence-corrected chi connectivity index (χ2v) is 5.12. The van der Waals surface area contributed by atoms with E-state index in [1.54, 1.807) is 13.0 Å². The van der Waals surface area contributed by atoms with Gasteiger partial charge in [0.1, 0.15) is 0 Å². The average molecular weight is 310 g/mol. The zero-order valence-corrected chi connectivity index (χ0v) is 11.8. The third-order valence-electron chi connectivity index (χ3n) is 2.10. The van der Waals surface area contributed by atoms with Crippen molar-refractivity contribution >= 4 is 38.9 Å². The first-order valence-corrected chi connectivity index (χ1v) is 7.17. The van der Waals surface area contributed by atoms with Gasteiger partial charge in [-0.25, -0.2) is 0 Å². The van der Waals surface area contributed by atoms with Gasteiger partial charge in [-0.1, -0.05) is 45.9 Å². The summed E-state index contributed by atoms with van der Waals surface area (Å²) in [5.74, 6) is 0.661. The van der Waals surface area contributed by atoms with E-state index in [9.17, 15) is 4.79 Å². The van der Waals surface area contributed by atoms with Crippen molar-refractivity contribution in [1.29, 1.82) is 5.26 Å². The SMILES string of the molecule is CC(=O)SCC=Cc1cc(C#N)ccc1CBr. The second kappa shape index (κ2) is 7.31. The molecule has 0 aliphatic carbocycles. The number of nitrogens with zero attached hydrogens (tertiary/aromatic N) is 1. The van der Waals surface area contributed by atoms with Crippen molar-refractivity contribution in [3.63, 3.8) is 0 Å². The van der Waals surface area contributed by atoms with Gasteiger partial charge in [-0.3, -0.25) is 4.79 Å². The number of rotatable bonds is 4. The molecule has 17 heavy (non-hydrogen) atoms. The van der Waals surface area contributed by atoms with Gasteiger partial charge in [-0.05, 0) is 23.3 Å². The van der Waals surface area contributed by atoms with Crippen LogP contribution >= 0.6 is 27.7 Å². The van der Waals surface area contributed by atoms with Gasteiger partial charge in [0.05, 0.1) is 11.6 Å². The number of halogens is 1. The minimum atomic E-state index is 0.112. The molecule has 0 heterocycles. The van der Waals surface area contributed by atoms with Gasteiger partial charge in [0.15, 0.2) is 5.12 Å². The normalized spacial score (nSPS) is 10.4. The van der Waals surface area contributed by atoms with E-state index >= 15 is 0 Å². The highest BCUT2D eigenvalue weighted by molar-refractivity contribution is 9.08. The molecule has 0 amide bonds. The maximum absolute atomic E-state index is 10.8. The van der Waals surface area contributed by atoms with E-state index in [0.29, 0.717) is 11.3 Å². The third kappa shape index (κ3) is 4.76. The fourth-order valence-electron chi connectivity index (χ4n) is 1.28. The number of hydrogen-bond donors (Lipinski definition) is 0. The molecule has 0 radical (unpaired) electrons. The van der Waals surface area contributed by atoms with E-state index in [4.69, 9.17) is 5.26 Å². The Morgan fingerprint density at radius 3 is 2.94 bits per heavy atom. The number of carbonyl (C=O) groups excluding carboxylic acids is 1. The predicted octanol–water partition coefficient (Wildman–Crippen LogP) is 3.75. The van der Waals surface area contributed by atoms with E-state index < -0.39 is 0 Å². The standard InChI is InChI=1S/C13H12BrNOS/c1-10(16)17-6-2-3-12-7-11(9-15)4-5-13(12)8-14/h2-5,7H,6,8H2,1H3. The smallest absolute Gasteiger partial charge is 0.186 e. The van der Waals surface area contributed by atoms with Gasteiger partial charge in [0, 0.05) is 18.0 Å². The monoisotopic (exact) mass is 309 g/mol. The van der Waals surface area contributed by atoms with E-state index in [-0.39, 0.29) is 5.12 Å². The third-order valence-corrected chi connectivity index (χ3v) is 3.47. The highest BCUT2D eigenvalue weighted by Crippen LogP contribution is 2.17. The van der Waals surface area contributed by atoms with Crippen LogP contribution < -0.4 is 0 Å². The minimum absolute atomic E-state index is 0.112. The molecule has 1 aromatic carbocycles. The Morgan fingerprint density at radius 2 is 2.35 bits per heavy atom. The summed E-state index contributed by atoms with van der Waals surface area (Å²) in [5, 5.41) is 9.70. The van der Waals surface area contributed by atoms with Crippen molar-refractivity contribution in [1.82, 2.24) is 0 Å². The molecular weight excluding hydrogens is 298 g/mol. The molecule has 0 spiro atoms. The number of thioether (sulfide) groups is 1. The highest BCUT2D eigenvalue weighted by atomic mass is 79.9. The lowest BCUT2D eigenvalue weighted by atomic mass is 10.1. The van der Waals surface area contributed by atoms with Crippen LogP contribution in [0.4, 0.5) is 0 Å². The number of nitriles is 1. The molecule has 1 rings (SSSR count). The number of benzene rings is 1. The molecule has 0 bridgehead atoms. The molecule has 0 saturated heterocycles. The molecular formula is C13H12BrNOS. The van der Waals surface area contributed by atoms with Crippen molar-refractivity contribution in [2.24, 2.45) is 0 Å². The van der Waals surface area contributed by atoms with Gasteiger partial charge in [0.2, 0.25) is 0 Å². The van der Waals surface area contributed by atoms with Crippen LogP contribution in [0, 0.1) is 11.3 Å². The Bertz CT molecular complexity index is 477. The van der Waals surface area contributed by atoms with Gasteiger partial charge in [-0.15, -0.1) is 0 Å². The first-order valence-electron chi connectivity index (χ1n) is 5.06. The Morgan fingerprint density at radius 1 is 1.59 bits per heavy atom. The van der Waals surface area contributed by atoms with Crippen LogP contribution in [0.1, 0.15) is 23.6 Å². The lowest BCUT2D eigenvalue weighted by Crippen LogP contribution is -1.87. The summed E-state index contributed by atoms with van der Waals surface area (Å²) in [6.45, 7) is 1.55. The molecule has 0 aromatic heterocycles. The number of carbonyl (C=O) groups is 1. The average Bonchev–Trinajstić information content (AvgIpc) is 2.34. The van der Waals surface area contributed by atoms with E-state index in [1.807, 2.05) is 24.3 Å². The van der Waals surface area contributed by atoms with Crippen LogP contribution in [0.25, 0.3) is 6.08 Å². The van der Waals surface area contributed by atoms with Crippen molar-refractivity contribution in [2.75, 3.05) is 5.75 Å². The van der Waals surface area contributed by atoms with E-state index in [0.717, 1.165) is 16.5 Å². The van der Waals surface area contributed by atoms with Gasteiger partial charge < -0.3 is 0 Å². The van der Waals surface area contributed by atoms with E-state index in [2.05, 4.69) is 22.0 Å². The molecule has 0 N–H and O–H groups in total. The Hall–Kier alpha value is -1.05. The summed E-state index contributed by atoms with van der Waals surface area (Å²) in [5.41, 5.74) is 2.80. The predicted molar refractivity (Wildman–Crippen MR) is 76.0 cm³/mol. The summed E-state index contributed by atoms with van der Waals surface area (Å²) in [6, 6.07) is 7.71.